The van der Waals surface area contributed by atoms with Crippen molar-refractivity contribution in [3.8, 4) is 5.75 Å². The van der Waals surface area contributed by atoms with Crippen LogP contribution in [0.5, 0.6) is 5.75 Å². The highest BCUT2D eigenvalue weighted by Crippen LogP contribution is 2.35. The summed E-state index contributed by atoms with van der Waals surface area (Å²) in [4.78, 5) is 2.32. The lowest BCUT2D eigenvalue weighted by Gasteiger charge is -2.10. The topological polar surface area (TPSA) is 46.4 Å². The monoisotopic (exact) mass is 366 g/mol. The highest BCUT2D eigenvalue weighted by molar-refractivity contribution is 7.99. The van der Waals surface area contributed by atoms with Crippen molar-refractivity contribution in [2.45, 2.75) is 29.4 Å². The molecule has 2 heterocycles. The fourth-order valence-electron chi connectivity index (χ4n) is 2.90. The van der Waals surface area contributed by atoms with E-state index in [1.165, 1.54) is 16.0 Å². The molecule has 0 radical (unpaired) electrons. The minimum Gasteiger partial charge on any atom is -0.489 e. The zero-order valence-corrected chi connectivity index (χ0v) is 15.5. The van der Waals surface area contributed by atoms with Gasteiger partial charge in [-0.15, -0.1) is 0 Å². The zero-order chi connectivity index (χ0) is 17.8. The highest BCUT2D eigenvalue weighted by atomic mass is 32.2. The van der Waals surface area contributed by atoms with Gasteiger partial charge in [-0.05, 0) is 42.8 Å². The number of hydrogen-bond donors (Lipinski definition) is 2. The third-order valence-corrected chi connectivity index (χ3v) is 5.44. The van der Waals surface area contributed by atoms with Crippen LogP contribution in [0.1, 0.15) is 22.9 Å². The van der Waals surface area contributed by atoms with Crippen LogP contribution in [0.15, 0.2) is 75.1 Å². The molecule has 1 fully saturated rings. The van der Waals surface area contributed by atoms with Gasteiger partial charge in [-0.3, -0.25) is 5.32 Å². The second-order valence-corrected chi connectivity index (χ2v) is 7.50. The SMILES string of the molecule is Cc1ccc(COc2ccc(Sc3ccoc3C3CNCN3)cc2)cc1. The molecule has 0 amide bonds. The lowest BCUT2D eigenvalue weighted by Crippen LogP contribution is -2.14. The lowest BCUT2D eigenvalue weighted by atomic mass is 10.2. The van der Waals surface area contributed by atoms with Crippen LogP contribution in [0.3, 0.4) is 0 Å². The van der Waals surface area contributed by atoms with Gasteiger partial charge in [-0.25, -0.2) is 0 Å². The molecule has 1 aliphatic heterocycles. The Bertz CT molecular complexity index is 837. The number of rotatable bonds is 6. The predicted octanol–water partition coefficient (Wildman–Crippen LogP) is 4.51. The van der Waals surface area contributed by atoms with E-state index in [2.05, 4.69) is 54.0 Å². The molecule has 134 valence electrons. The second kappa shape index (κ2) is 7.99. The number of hydrogen-bond acceptors (Lipinski definition) is 5. The first kappa shape index (κ1) is 17.2. The van der Waals surface area contributed by atoms with Crippen molar-refractivity contribution >= 4 is 11.8 Å². The average molecular weight is 366 g/mol. The first-order valence-electron chi connectivity index (χ1n) is 8.76. The fourth-order valence-corrected chi connectivity index (χ4v) is 3.84. The average Bonchev–Trinajstić information content (AvgIpc) is 3.34. The van der Waals surface area contributed by atoms with Crippen LogP contribution in [-0.2, 0) is 6.61 Å². The van der Waals surface area contributed by atoms with E-state index in [4.69, 9.17) is 9.15 Å². The van der Waals surface area contributed by atoms with Gasteiger partial charge in [0.2, 0.25) is 0 Å². The predicted molar refractivity (Wildman–Crippen MR) is 104 cm³/mol. The molecule has 0 saturated carbocycles. The normalized spacial score (nSPS) is 16.7. The summed E-state index contributed by atoms with van der Waals surface area (Å²) in [6.07, 6.45) is 1.76. The van der Waals surface area contributed by atoms with E-state index < -0.39 is 0 Å². The van der Waals surface area contributed by atoms with Gasteiger partial charge in [0.1, 0.15) is 18.1 Å². The van der Waals surface area contributed by atoms with Gasteiger partial charge in [0.15, 0.2) is 0 Å². The highest BCUT2D eigenvalue weighted by Gasteiger charge is 2.22. The molecule has 1 atom stereocenters. The molecular formula is C21H22N2O2S. The van der Waals surface area contributed by atoms with E-state index in [1.807, 2.05) is 18.2 Å². The van der Waals surface area contributed by atoms with Crippen molar-refractivity contribution in [1.29, 1.82) is 0 Å². The fraction of sp³-hybridized carbons (Fsp3) is 0.238. The standard InChI is InChI=1S/C21H22N2O2S/c1-15-2-4-16(5-3-15)13-25-17-6-8-18(9-7-17)26-20-10-11-24-21(20)19-12-22-14-23-19/h2-11,19,22-23H,12-14H2,1H3. The van der Waals surface area contributed by atoms with Crippen molar-refractivity contribution in [3.63, 3.8) is 0 Å². The van der Waals surface area contributed by atoms with E-state index >= 15 is 0 Å². The maximum absolute atomic E-state index is 5.88. The molecule has 0 bridgehead atoms. The summed E-state index contributed by atoms with van der Waals surface area (Å²) in [6, 6.07) is 18.9. The number of furan rings is 1. The maximum atomic E-state index is 5.88. The van der Waals surface area contributed by atoms with Crippen molar-refractivity contribution in [2.24, 2.45) is 0 Å². The van der Waals surface area contributed by atoms with Crippen LogP contribution >= 0.6 is 11.8 Å². The molecule has 4 nitrogen and oxygen atoms in total. The second-order valence-electron chi connectivity index (χ2n) is 6.38. The summed E-state index contributed by atoms with van der Waals surface area (Å²) in [5.41, 5.74) is 2.44. The van der Waals surface area contributed by atoms with E-state index in [-0.39, 0.29) is 6.04 Å². The van der Waals surface area contributed by atoms with E-state index in [0.29, 0.717) is 6.61 Å². The Balaban J connectivity index is 1.37. The largest absolute Gasteiger partial charge is 0.489 e. The van der Waals surface area contributed by atoms with E-state index in [9.17, 15) is 0 Å². The van der Waals surface area contributed by atoms with Crippen LogP contribution in [-0.4, -0.2) is 13.2 Å². The number of ether oxygens (including phenoxy) is 1. The summed E-state index contributed by atoms with van der Waals surface area (Å²) in [7, 11) is 0. The summed E-state index contributed by atoms with van der Waals surface area (Å²) in [5, 5.41) is 6.68. The Labute approximate surface area is 157 Å². The van der Waals surface area contributed by atoms with Crippen LogP contribution in [0.4, 0.5) is 0 Å². The molecule has 5 heteroatoms. The molecule has 3 aromatic rings. The minimum absolute atomic E-state index is 0.240. The Morgan fingerprint density at radius 2 is 1.88 bits per heavy atom. The molecule has 1 saturated heterocycles. The van der Waals surface area contributed by atoms with Gasteiger partial charge >= 0.3 is 0 Å². The van der Waals surface area contributed by atoms with E-state index in [1.54, 1.807) is 18.0 Å². The van der Waals surface area contributed by atoms with Gasteiger partial charge in [0, 0.05) is 18.1 Å². The van der Waals surface area contributed by atoms with Crippen molar-refractivity contribution in [2.75, 3.05) is 13.2 Å². The van der Waals surface area contributed by atoms with Gasteiger partial charge in [0.05, 0.1) is 17.2 Å². The molecule has 2 aromatic carbocycles. The molecule has 2 N–H and O–H groups in total. The Kier molecular flexibility index (Phi) is 5.29. The van der Waals surface area contributed by atoms with Gasteiger partial charge in [0.25, 0.3) is 0 Å². The zero-order valence-electron chi connectivity index (χ0n) is 14.7. The Hall–Kier alpha value is -2.21. The number of aryl methyl sites for hydroxylation is 1. The number of nitrogens with one attached hydrogen (secondary N) is 2. The summed E-state index contributed by atoms with van der Waals surface area (Å²) in [5.74, 6) is 1.88. The summed E-state index contributed by atoms with van der Waals surface area (Å²) in [6.45, 7) is 4.39. The summed E-state index contributed by atoms with van der Waals surface area (Å²) >= 11 is 1.72. The van der Waals surface area contributed by atoms with Crippen LogP contribution in [0, 0.1) is 6.92 Å². The van der Waals surface area contributed by atoms with Crippen LogP contribution < -0.4 is 15.4 Å². The van der Waals surface area contributed by atoms with Gasteiger partial charge in [-0.2, -0.15) is 0 Å². The smallest absolute Gasteiger partial charge is 0.135 e. The van der Waals surface area contributed by atoms with Gasteiger partial charge < -0.3 is 14.5 Å². The Morgan fingerprint density at radius 1 is 1.08 bits per heavy atom. The van der Waals surface area contributed by atoms with Crippen molar-refractivity contribution in [3.05, 3.63) is 77.7 Å². The quantitative estimate of drug-likeness (QED) is 0.672. The van der Waals surface area contributed by atoms with Crippen molar-refractivity contribution < 1.29 is 9.15 Å². The molecule has 4 rings (SSSR count). The molecule has 0 spiro atoms. The van der Waals surface area contributed by atoms with Crippen LogP contribution in [0.25, 0.3) is 0 Å². The first-order valence-corrected chi connectivity index (χ1v) is 9.57. The first-order chi connectivity index (χ1) is 12.8. The minimum atomic E-state index is 0.240. The third kappa shape index (κ3) is 4.12. The molecule has 1 unspecified atom stereocenters. The van der Waals surface area contributed by atoms with E-state index in [0.717, 1.165) is 29.6 Å². The maximum Gasteiger partial charge on any atom is 0.135 e. The van der Waals surface area contributed by atoms with Crippen molar-refractivity contribution in [1.82, 2.24) is 10.6 Å². The van der Waals surface area contributed by atoms with Gasteiger partial charge in [-0.1, -0.05) is 41.6 Å². The Morgan fingerprint density at radius 3 is 2.62 bits per heavy atom. The van der Waals surface area contributed by atoms with Crippen LogP contribution in [0.2, 0.25) is 0 Å². The molecule has 1 aromatic heterocycles. The lowest BCUT2D eigenvalue weighted by molar-refractivity contribution is 0.306. The molecule has 1 aliphatic rings. The summed E-state index contributed by atoms with van der Waals surface area (Å²) < 4.78 is 11.6. The third-order valence-electron chi connectivity index (χ3n) is 4.37. The molecule has 26 heavy (non-hydrogen) atoms. The molecular weight excluding hydrogens is 344 g/mol. The molecule has 0 aliphatic carbocycles. The number of benzene rings is 2.